The van der Waals surface area contributed by atoms with Crippen LogP contribution in [0.2, 0.25) is 0 Å². The number of carbonyl (C=O) groups excluding carboxylic acids is 1. The standard InChI is InChI=1S/C11H10ClFO2/c1-7(12)6-15-11-4-3-9(8(2)14)5-10(11)13/h3-5H,1,6H2,2H3. The van der Waals surface area contributed by atoms with Crippen LogP contribution in [0.4, 0.5) is 4.39 Å². The monoisotopic (exact) mass is 228 g/mol. The maximum absolute atomic E-state index is 13.3. The van der Waals surface area contributed by atoms with Gasteiger partial charge in [0.25, 0.3) is 0 Å². The van der Waals surface area contributed by atoms with Gasteiger partial charge in [0.2, 0.25) is 0 Å². The van der Waals surface area contributed by atoms with E-state index in [2.05, 4.69) is 6.58 Å². The minimum absolute atomic E-state index is 0.0396. The first-order chi connectivity index (χ1) is 7.00. The molecular formula is C11H10ClFO2. The van der Waals surface area contributed by atoms with Gasteiger partial charge in [0.05, 0.1) is 0 Å². The van der Waals surface area contributed by atoms with Gasteiger partial charge in [-0.05, 0) is 25.1 Å². The van der Waals surface area contributed by atoms with Crippen LogP contribution in [0.1, 0.15) is 17.3 Å². The van der Waals surface area contributed by atoms with Crippen molar-refractivity contribution in [3.63, 3.8) is 0 Å². The summed E-state index contributed by atoms with van der Waals surface area (Å²) in [4.78, 5) is 10.9. The van der Waals surface area contributed by atoms with Crippen molar-refractivity contribution in [2.24, 2.45) is 0 Å². The molecule has 2 nitrogen and oxygen atoms in total. The molecule has 0 amide bonds. The first kappa shape index (κ1) is 11.7. The van der Waals surface area contributed by atoms with Gasteiger partial charge in [0.15, 0.2) is 17.3 Å². The summed E-state index contributed by atoms with van der Waals surface area (Å²) in [5, 5.41) is 0.282. The second kappa shape index (κ2) is 4.94. The van der Waals surface area contributed by atoms with Crippen molar-refractivity contribution in [1.82, 2.24) is 0 Å². The Balaban J connectivity index is 2.83. The molecule has 0 aliphatic carbocycles. The first-order valence-electron chi connectivity index (χ1n) is 4.27. The zero-order valence-electron chi connectivity index (χ0n) is 8.22. The van der Waals surface area contributed by atoms with E-state index in [9.17, 15) is 9.18 Å². The molecule has 0 saturated carbocycles. The van der Waals surface area contributed by atoms with Crippen LogP contribution in [0, 0.1) is 5.82 Å². The average Bonchev–Trinajstić information content (AvgIpc) is 2.15. The molecule has 0 spiro atoms. The predicted octanol–water partition coefficient (Wildman–Crippen LogP) is 3.16. The molecule has 15 heavy (non-hydrogen) atoms. The Labute approximate surface area is 92.3 Å². The zero-order chi connectivity index (χ0) is 11.4. The van der Waals surface area contributed by atoms with Crippen molar-refractivity contribution in [2.75, 3.05) is 6.61 Å². The van der Waals surface area contributed by atoms with Gasteiger partial charge in [0.1, 0.15) is 6.61 Å². The summed E-state index contributed by atoms with van der Waals surface area (Å²) in [6, 6.07) is 4.03. The van der Waals surface area contributed by atoms with Gasteiger partial charge < -0.3 is 4.74 Å². The van der Waals surface area contributed by atoms with Crippen molar-refractivity contribution in [3.8, 4) is 5.75 Å². The third kappa shape index (κ3) is 3.36. The lowest BCUT2D eigenvalue weighted by Gasteiger charge is -2.06. The molecule has 0 heterocycles. The molecule has 0 radical (unpaired) electrons. The van der Waals surface area contributed by atoms with Crippen LogP contribution in [0.15, 0.2) is 29.8 Å². The van der Waals surface area contributed by atoms with Crippen LogP contribution in [0.25, 0.3) is 0 Å². The maximum atomic E-state index is 13.3. The number of benzene rings is 1. The number of halogens is 2. The number of hydrogen-bond acceptors (Lipinski definition) is 2. The Morgan fingerprint density at radius 2 is 2.27 bits per heavy atom. The maximum Gasteiger partial charge on any atom is 0.165 e. The van der Waals surface area contributed by atoms with E-state index in [4.69, 9.17) is 16.3 Å². The van der Waals surface area contributed by atoms with E-state index in [0.717, 1.165) is 6.07 Å². The van der Waals surface area contributed by atoms with Gasteiger partial charge in [-0.1, -0.05) is 18.2 Å². The van der Waals surface area contributed by atoms with E-state index < -0.39 is 5.82 Å². The summed E-state index contributed by atoms with van der Waals surface area (Å²) in [5.74, 6) is -0.718. The Morgan fingerprint density at radius 3 is 2.73 bits per heavy atom. The van der Waals surface area contributed by atoms with Crippen LogP contribution in [0.3, 0.4) is 0 Å². The predicted molar refractivity (Wildman–Crippen MR) is 56.9 cm³/mol. The quantitative estimate of drug-likeness (QED) is 0.740. The van der Waals surface area contributed by atoms with Crippen molar-refractivity contribution >= 4 is 17.4 Å². The fourth-order valence-electron chi connectivity index (χ4n) is 0.993. The van der Waals surface area contributed by atoms with Gasteiger partial charge in [-0.15, -0.1) is 0 Å². The van der Waals surface area contributed by atoms with Crippen LogP contribution in [-0.4, -0.2) is 12.4 Å². The number of ether oxygens (including phenoxy) is 1. The second-order valence-electron chi connectivity index (χ2n) is 3.01. The van der Waals surface area contributed by atoms with Crippen LogP contribution < -0.4 is 4.74 Å². The minimum Gasteiger partial charge on any atom is -0.485 e. The van der Waals surface area contributed by atoms with Gasteiger partial charge in [-0.2, -0.15) is 0 Å². The van der Waals surface area contributed by atoms with Gasteiger partial charge in [-0.25, -0.2) is 4.39 Å². The highest BCUT2D eigenvalue weighted by Gasteiger charge is 2.07. The number of carbonyl (C=O) groups is 1. The molecule has 1 rings (SSSR count). The van der Waals surface area contributed by atoms with Crippen molar-refractivity contribution < 1.29 is 13.9 Å². The van der Waals surface area contributed by atoms with E-state index in [1.807, 2.05) is 0 Å². The Bertz CT molecular complexity index is 402. The largest absolute Gasteiger partial charge is 0.485 e. The van der Waals surface area contributed by atoms with E-state index in [1.54, 1.807) is 0 Å². The van der Waals surface area contributed by atoms with Crippen molar-refractivity contribution in [3.05, 3.63) is 41.2 Å². The Hall–Kier alpha value is -1.35. The topological polar surface area (TPSA) is 26.3 Å². The number of hydrogen-bond donors (Lipinski definition) is 0. The summed E-state index contributed by atoms with van der Waals surface area (Å²) in [7, 11) is 0. The summed E-state index contributed by atoms with van der Waals surface area (Å²) < 4.78 is 18.3. The molecule has 0 unspecified atom stereocenters. The minimum atomic E-state index is -0.583. The van der Waals surface area contributed by atoms with Crippen LogP contribution in [0.5, 0.6) is 5.75 Å². The third-order valence-corrected chi connectivity index (χ3v) is 1.83. The molecule has 0 bridgehead atoms. The van der Waals surface area contributed by atoms with Crippen molar-refractivity contribution in [2.45, 2.75) is 6.92 Å². The van der Waals surface area contributed by atoms with Crippen molar-refractivity contribution in [1.29, 1.82) is 0 Å². The lowest BCUT2D eigenvalue weighted by Crippen LogP contribution is -2.00. The molecule has 1 aromatic carbocycles. The number of Topliss-reactive ketones (excluding diaryl/α,β-unsaturated/α-hetero) is 1. The normalized spacial score (nSPS) is 9.80. The smallest absolute Gasteiger partial charge is 0.165 e. The van der Waals surface area contributed by atoms with E-state index in [0.29, 0.717) is 5.56 Å². The van der Waals surface area contributed by atoms with Gasteiger partial charge >= 0.3 is 0 Å². The molecule has 0 fully saturated rings. The van der Waals surface area contributed by atoms with E-state index in [-0.39, 0.29) is 23.2 Å². The fourth-order valence-corrected chi connectivity index (χ4v) is 1.05. The first-order valence-corrected chi connectivity index (χ1v) is 4.65. The van der Waals surface area contributed by atoms with Gasteiger partial charge in [-0.3, -0.25) is 4.79 Å². The van der Waals surface area contributed by atoms with Crippen LogP contribution >= 0.6 is 11.6 Å². The highest BCUT2D eigenvalue weighted by molar-refractivity contribution is 6.29. The third-order valence-electron chi connectivity index (χ3n) is 1.72. The SMILES string of the molecule is C=C(Cl)COc1ccc(C(C)=O)cc1F. The molecule has 0 aromatic heterocycles. The second-order valence-corrected chi connectivity index (χ2v) is 3.54. The molecule has 4 heteroatoms. The highest BCUT2D eigenvalue weighted by Crippen LogP contribution is 2.19. The lowest BCUT2D eigenvalue weighted by atomic mass is 10.1. The zero-order valence-corrected chi connectivity index (χ0v) is 8.97. The van der Waals surface area contributed by atoms with E-state index >= 15 is 0 Å². The fraction of sp³-hybridized carbons (Fsp3) is 0.182. The average molecular weight is 229 g/mol. The molecular weight excluding hydrogens is 219 g/mol. The summed E-state index contributed by atoms with van der Waals surface area (Å²) in [5.41, 5.74) is 0.310. The van der Waals surface area contributed by atoms with Crippen LogP contribution in [-0.2, 0) is 0 Å². The molecule has 0 atom stereocenters. The summed E-state index contributed by atoms with van der Waals surface area (Å²) >= 11 is 5.47. The lowest BCUT2D eigenvalue weighted by molar-refractivity contribution is 0.101. The molecule has 0 saturated heterocycles. The highest BCUT2D eigenvalue weighted by atomic mass is 35.5. The molecule has 1 aromatic rings. The molecule has 0 aliphatic heterocycles. The summed E-state index contributed by atoms with van der Waals surface area (Å²) in [6.07, 6.45) is 0. The molecule has 80 valence electrons. The van der Waals surface area contributed by atoms with Gasteiger partial charge in [0, 0.05) is 10.6 Å². The van der Waals surface area contributed by atoms with E-state index in [1.165, 1.54) is 19.1 Å². The Kier molecular flexibility index (Phi) is 3.86. The Morgan fingerprint density at radius 1 is 1.60 bits per heavy atom. The molecule has 0 aliphatic rings. The number of rotatable bonds is 4. The summed E-state index contributed by atoms with van der Waals surface area (Å²) in [6.45, 7) is 4.82. The number of ketones is 1. The molecule has 0 N–H and O–H groups in total.